The predicted octanol–water partition coefficient (Wildman–Crippen LogP) is 2.84. The lowest BCUT2D eigenvalue weighted by Crippen LogP contribution is -2.32. The topological polar surface area (TPSA) is 58.6 Å². The van der Waals surface area contributed by atoms with Crippen molar-refractivity contribution in [2.75, 3.05) is 26.7 Å². The van der Waals surface area contributed by atoms with Crippen LogP contribution >= 0.6 is 0 Å². The van der Waals surface area contributed by atoms with E-state index < -0.39 is 0 Å². The number of nitrogens with one attached hydrogen (secondary N) is 1. The van der Waals surface area contributed by atoms with E-state index in [1.165, 1.54) is 5.56 Å². The first-order valence-corrected chi connectivity index (χ1v) is 9.85. The zero-order valence-corrected chi connectivity index (χ0v) is 16.4. The summed E-state index contributed by atoms with van der Waals surface area (Å²) >= 11 is 0. The van der Waals surface area contributed by atoms with Crippen LogP contribution < -0.4 is 10.1 Å². The van der Waals surface area contributed by atoms with Crippen molar-refractivity contribution >= 4 is 11.8 Å². The van der Waals surface area contributed by atoms with E-state index in [1.807, 2.05) is 47.4 Å². The van der Waals surface area contributed by atoms with Gasteiger partial charge < -0.3 is 15.0 Å². The van der Waals surface area contributed by atoms with Crippen LogP contribution in [0.3, 0.4) is 0 Å². The number of likely N-dealkylation sites (tertiary alicyclic amines) is 1. The highest BCUT2D eigenvalue weighted by Gasteiger charge is 2.29. The van der Waals surface area contributed by atoms with E-state index in [-0.39, 0.29) is 17.7 Å². The monoisotopic (exact) mass is 380 g/mol. The third kappa shape index (κ3) is 5.84. The average Bonchev–Trinajstić information content (AvgIpc) is 3.10. The molecular weight excluding hydrogens is 352 g/mol. The molecule has 2 aromatic carbocycles. The molecule has 1 aliphatic rings. The summed E-state index contributed by atoms with van der Waals surface area (Å²) in [7, 11) is 1.64. The Kier molecular flexibility index (Phi) is 7.06. The number of carbonyl (C=O) groups is 2. The van der Waals surface area contributed by atoms with Crippen LogP contribution in [0, 0.1) is 5.92 Å². The van der Waals surface area contributed by atoms with Crippen LogP contribution in [0.5, 0.6) is 5.75 Å². The molecule has 1 N–H and O–H groups in total. The average molecular weight is 380 g/mol. The first-order valence-electron chi connectivity index (χ1n) is 9.85. The fraction of sp³-hybridized carbons (Fsp3) is 0.391. The van der Waals surface area contributed by atoms with E-state index in [9.17, 15) is 9.59 Å². The van der Waals surface area contributed by atoms with E-state index in [0.29, 0.717) is 25.8 Å². The fourth-order valence-electron chi connectivity index (χ4n) is 3.51. The van der Waals surface area contributed by atoms with Crippen LogP contribution in [-0.4, -0.2) is 43.5 Å². The molecule has 5 nitrogen and oxygen atoms in total. The molecule has 5 heteroatoms. The lowest BCUT2D eigenvalue weighted by molar-refractivity contribution is -0.127. The summed E-state index contributed by atoms with van der Waals surface area (Å²) in [6, 6.07) is 18.0. The van der Waals surface area contributed by atoms with Crippen LogP contribution in [0.1, 0.15) is 24.0 Å². The number of carbonyl (C=O) groups excluding carboxylic acids is 2. The Labute approximate surface area is 166 Å². The minimum absolute atomic E-state index is 0.0333. The molecular formula is C23H28N2O3. The van der Waals surface area contributed by atoms with Crippen molar-refractivity contribution in [2.45, 2.75) is 25.7 Å². The molecule has 1 heterocycles. The number of benzene rings is 2. The van der Waals surface area contributed by atoms with Gasteiger partial charge in [0.25, 0.3) is 0 Å². The van der Waals surface area contributed by atoms with Crippen LogP contribution in [0.25, 0.3) is 0 Å². The molecule has 2 aromatic rings. The molecule has 0 aliphatic carbocycles. The minimum Gasteiger partial charge on any atom is -0.497 e. The molecule has 2 amide bonds. The Balaban J connectivity index is 1.36. The first kappa shape index (κ1) is 19.9. The number of aryl methyl sites for hydroxylation is 1. The number of amides is 2. The maximum atomic E-state index is 12.2. The minimum atomic E-state index is 0.0333. The second-order valence-electron chi connectivity index (χ2n) is 7.30. The van der Waals surface area contributed by atoms with Crippen LogP contribution in [0.15, 0.2) is 54.6 Å². The molecule has 3 rings (SSSR count). The van der Waals surface area contributed by atoms with E-state index in [0.717, 1.165) is 30.8 Å². The van der Waals surface area contributed by atoms with E-state index in [1.54, 1.807) is 7.11 Å². The zero-order valence-electron chi connectivity index (χ0n) is 16.4. The van der Waals surface area contributed by atoms with Crippen molar-refractivity contribution in [1.82, 2.24) is 10.2 Å². The molecule has 1 atom stereocenters. The molecule has 1 aliphatic heterocycles. The smallest absolute Gasteiger partial charge is 0.223 e. The zero-order chi connectivity index (χ0) is 19.8. The lowest BCUT2D eigenvalue weighted by atomic mass is 10.1. The van der Waals surface area contributed by atoms with E-state index >= 15 is 0 Å². The molecule has 0 spiro atoms. The van der Waals surface area contributed by atoms with Crippen molar-refractivity contribution in [3.63, 3.8) is 0 Å². The van der Waals surface area contributed by atoms with Gasteiger partial charge in [-0.05, 0) is 36.1 Å². The summed E-state index contributed by atoms with van der Waals surface area (Å²) < 4.78 is 5.14. The van der Waals surface area contributed by atoms with Gasteiger partial charge in [0.2, 0.25) is 11.8 Å². The maximum absolute atomic E-state index is 12.2. The van der Waals surface area contributed by atoms with Crippen molar-refractivity contribution in [1.29, 1.82) is 0 Å². The molecule has 0 radical (unpaired) electrons. The van der Waals surface area contributed by atoms with Gasteiger partial charge in [-0.3, -0.25) is 9.59 Å². The maximum Gasteiger partial charge on any atom is 0.223 e. The highest BCUT2D eigenvalue weighted by Crippen LogP contribution is 2.18. The normalized spacial score (nSPS) is 16.2. The highest BCUT2D eigenvalue weighted by atomic mass is 16.5. The summed E-state index contributed by atoms with van der Waals surface area (Å²) in [5.41, 5.74) is 2.35. The Bertz CT molecular complexity index is 774. The van der Waals surface area contributed by atoms with Crippen molar-refractivity contribution in [3.8, 4) is 5.75 Å². The molecule has 148 valence electrons. The standard InChI is InChI=1S/C23H28N2O3/c1-28-21-10-7-19(8-11-21)9-12-22(26)24-16-20-15-23(27)25(17-20)14-13-18-5-3-2-4-6-18/h2-8,10-11,20H,9,12-17H2,1H3,(H,24,26). The van der Waals surface area contributed by atoms with E-state index in [2.05, 4.69) is 17.4 Å². The highest BCUT2D eigenvalue weighted by molar-refractivity contribution is 5.79. The van der Waals surface area contributed by atoms with Crippen molar-refractivity contribution in [3.05, 3.63) is 65.7 Å². The largest absolute Gasteiger partial charge is 0.497 e. The number of rotatable bonds is 9. The summed E-state index contributed by atoms with van der Waals surface area (Å²) in [6.07, 6.45) is 2.54. The molecule has 1 unspecified atom stereocenters. The Morgan fingerprint density at radius 3 is 2.50 bits per heavy atom. The third-order valence-electron chi connectivity index (χ3n) is 5.20. The molecule has 28 heavy (non-hydrogen) atoms. The molecule has 1 fully saturated rings. The second-order valence-corrected chi connectivity index (χ2v) is 7.30. The number of methoxy groups -OCH3 is 1. The van der Waals surface area contributed by atoms with Gasteiger partial charge in [0.15, 0.2) is 0 Å². The van der Waals surface area contributed by atoms with Gasteiger partial charge in [0, 0.05) is 38.4 Å². The molecule has 0 bridgehead atoms. The Hall–Kier alpha value is -2.82. The summed E-state index contributed by atoms with van der Waals surface area (Å²) in [5.74, 6) is 1.24. The number of hydrogen-bond acceptors (Lipinski definition) is 3. The first-order chi connectivity index (χ1) is 13.6. The molecule has 0 aromatic heterocycles. The van der Waals surface area contributed by atoms with Gasteiger partial charge in [-0.15, -0.1) is 0 Å². The number of ether oxygens (including phenoxy) is 1. The molecule has 0 saturated carbocycles. The van der Waals surface area contributed by atoms with Gasteiger partial charge >= 0.3 is 0 Å². The molecule has 1 saturated heterocycles. The Morgan fingerprint density at radius 2 is 1.79 bits per heavy atom. The van der Waals surface area contributed by atoms with Gasteiger partial charge in [0.05, 0.1) is 7.11 Å². The Morgan fingerprint density at radius 1 is 1.07 bits per heavy atom. The van der Waals surface area contributed by atoms with Crippen LogP contribution in [0.2, 0.25) is 0 Å². The SMILES string of the molecule is COc1ccc(CCC(=O)NCC2CC(=O)N(CCc3ccccc3)C2)cc1. The second kappa shape index (κ2) is 9.93. The third-order valence-corrected chi connectivity index (χ3v) is 5.20. The van der Waals surface area contributed by atoms with Crippen LogP contribution in [-0.2, 0) is 22.4 Å². The van der Waals surface area contributed by atoms with Gasteiger partial charge in [-0.25, -0.2) is 0 Å². The summed E-state index contributed by atoms with van der Waals surface area (Å²) in [5, 5.41) is 2.99. The quantitative estimate of drug-likeness (QED) is 0.728. The van der Waals surface area contributed by atoms with Crippen molar-refractivity contribution in [2.24, 2.45) is 5.92 Å². The summed E-state index contributed by atoms with van der Waals surface area (Å²) in [4.78, 5) is 26.3. The van der Waals surface area contributed by atoms with Gasteiger partial charge in [-0.2, -0.15) is 0 Å². The van der Waals surface area contributed by atoms with Crippen molar-refractivity contribution < 1.29 is 14.3 Å². The summed E-state index contributed by atoms with van der Waals surface area (Å²) in [6.45, 7) is 2.03. The van der Waals surface area contributed by atoms with Crippen LogP contribution in [0.4, 0.5) is 0 Å². The van der Waals surface area contributed by atoms with Gasteiger partial charge in [0.1, 0.15) is 5.75 Å². The lowest BCUT2D eigenvalue weighted by Gasteiger charge is -2.17. The van der Waals surface area contributed by atoms with Gasteiger partial charge in [-0.1, -0.05) is 42.5 Å². The number of hydrogen-bond donors (Lipinski definition) is 1. The van der Waals surface area contributed by atoms with E-state index in [4.69, 9.17) is 4.74 Å². The predicted molar refractivity (Wildman–Crippen MR) is 109 cm³/mol. The number of nitrogens with zero attached hydrogens (tertiary/aromatic N) is 1. The fourth-order valence-corrected chi connectivity index (χ4v) is 3.51.